The van der Waals surface area contributed by atoms with Gasteiger partial charge in [0.15, 0.2) is 0 Å². The van der Waals surface area contributed by atoms with E-state index < -0.39 is 15.6 Å². The number of benzene rings is 1. The maximum absolute atomic E-state index is 13.1. The monoisotopic (exact) mass is 454 g/mol. The number of rotatable bonds is 4. The lowest BCUT2D eigenvalue weighted by atomic mass is 9.73. The molecule has 30 heavy (non-hydrogen) atoms. The van der Waals surface area contributed by atoms with Crippen LogP contribution in [0.5, 0.6) is 0 Å². The number of imide groups is 1. The molecule has 8 nitrogen and oxygen atoms in total. The smallest absolute Gasteiger partial charge is 0.323 e. The summed E-state index contributed by atoms with van der Waals surface area (Å²) in [6.07, 6.45) is 3.62. The molecule has 1 aromatic carbocycles. The lowest BCUT2D eigenvalue weighted by Gasteiger charge is -2.38. The van der Waals surface area contributed by atoms with E-state index in [2.05, 4.69) is 5.32 Å². The Hall–Kier alpha value is -1.68. The zero-order valence-electron chi connectivity index (χ0n) is 17.0. The van der Waals surface area contributed by atoms with Gasteiger partial charge in [0, 0.05) is 26.2 Å². The van der Waals surface area contributed by atoms with Crippen LogP contribution < -0.4 is 5.32 Å². The van der Waals surface area contributed by atoms with Crippen molar-refractivity contribution in [2.75, 3.05) is 32.8 Å². The molecule has 0 unspecified atom stereocenters. The Kier molecular flexibility index (Phi) is 5.82. The highest BCUT2D eigenvalue weighted by Gasteiger charge is 2.55. The number of sulfonamides is 1. The molecule has 3 aliphatic rings. The SMILES string of the molecule is C[C@@H]1CCCC[C@@]12NC(=O)N(CN1CCN(S(=O)(=O)c3ccccc3Cl)CC1)C2=O. The first-order chi connectivity index (χ1) is 14.3. The van der Waals surface area contributed by atoms with Gasteiger partial charge in [0.1, 0.15) is 10.4 Å². The van der Waals surface area contributed by atoms with E-state index in [1.165, 1.54) is 15.3 Å². The van der Waals surface area contributed by atoms with Gasteiger partial charge in [-0.1, -0.05) is 43.5 Å². The molecular weight excluding hydrogens is 428 g/mol. The van der Waals surface area contributed by atoms with Gasteiger partial charge in [-0.3, -0.25) is 9.69 Å². The molecule has 0 radical (unpaired) electrons. The molecule has 1 aliphatic carbocycles. The topological polar surface area (TPSA) is 90.0 Å². The number of urea groups is 1. The Morgan fingerprint density at radius 3 is 2.50 bits per heavy atom. The van der Waals surface area contributed by atoms with Gasteiger partial charge in [-0.05, 0) is 30.9 Å². The Morgan fingerprint density at radius 2 is 1.83 bits per heavy atom. The molecule has 1 spiro atoms. The van der Waals surface area contributed by atoms with Crippen molar-refractivity contribution >= 4 is 33.6 Å². The molecule has 1 aromatic rings. The normalized spacial score (nSPS) is 28.9. The molecule has 2 heterocycles. The second kappa shape index (κ2) is 8.11. The highest BCUT2D eigenvalue weighted by Crippen LogP contribution is 2.38. The zero-order chi connectivity index (χ0) is 21.5. The van der Waals surface area contributed by atoms with Crippen molar-refractivity contribution in [3.8, 4) is 0 Å². The summed E-state index contributed by atoms with van der Waals surface area (Å²) >= 11 is 6.08. The molecule has 3 amide bonds. The van der Waals surface area contributed by atoms with Crippen LogP contribution in [-0.2, 0) is 14.8 Å². The molecule has 0 aromatic heterocycles. The number of halogens is 1. The van der Waals surface area contributed by atoms with E-state index in [4.69, 9.17) is 11.6 Å². The van der Waals surface area contributed by atoms with Gasteiger partial charge in [0.05, 0.1) is 11.7 Å². The minimum atomic E-state index is -3.68. The van der Waals surface area contributed by atoms with Crippen LogP contribution in [0.1, 0.15) is 32.6 Å². The molecule has 164 valence electrons. The van der Waals surface area contributed by atoms with Gasteiger partial charge in [0.2, 0.25) is 10.0 Å². The summed E-state index contributed by atoms with van der Waals surface area (Å²) in [6.45, 7) is 3.63. The number of carbonyl (C=O) groups is 2. The van der Waals surface area contributed by atoms with Gasteiger partial charge in [-0.15, -0.1) is 0 Å². The zero-order valence-corrected chi connectivity index (χ0v) is 18.6. The fraction of sp³-hybridized carbons (Fsp3) is 0.600. The highest BCUT2D eigenvalue weighted by atomic mass is 35.5. The summed E-state index contributed by atoms with van der Waals surface area (Å²) in [5.74, 6) is -0.0314. The summed E-state index contributed by atoms with van der Waals surface area (Å²) in [5, 5.41) is 3.16. The number of piperazine rings is 1. The maximum atomic E-state index is 13.1. The summed E-state index contributed by atoms with van der Waals surface area (Å²) in [6, 6.07) is 6.05. The quantitative estimate of drug-likeness (QED) is 0.703. The maximum Gasteiger partial charge on any atom is 0.326 e. The largest absolute Gasteiger partial charge is 0.326 e. The van der Waals surface area contributed by atoms with Gasteiger partial charge in [-0.25, -0.2) is 18.1 Å². The molecular formula is C20H27ClN4O4S. The number of hydrogen-bond acceptors (Lipinski definition) is 5. The number of amides is 3. The van der Waals surface area contributed by atoms with Crippen molar-refractivity contribution in [1.29, 1.82) is 0 Å². The molecule has 1 saturated carbocycles. The number of carbonyl (C=O) groups excluding carboxylic acids is 2. The number of hydrogen-bond donors (Lipinski definition) is 1. The van der Waals surface area contributed by atoms with Crippen molar-refractivity contribution in [3.63, 3.8) is 0 Å². The molecule has 2 atom stereocenters. The van der Waals surface area contributed by atoms with Crippen molar-refractivity contribution in [2.45, 2.75) is 43.0 Å². The third-order valence-corrected chi connectivity index (χ3v) is 9.03. The fourth-order valence-corrected chi connectivity index (χ4v) is 6.64. The first-order valence-corrected chi connectivity index (χ1v) is 12.2. The Balaban J connectivity index is 1.40. The standard InChI is InChI=1S/C20H27ClN4O4S/c1-15-6-4-5-9-20(15)18(26)25(19(27)22-20)14-23-10-12-24(13-11-23)30(28,29)17-8-3-2-7-16(17)21/h2-3,7-8,15H,4-6,9-14H2,1H3,(H,22,27)/t15-,20-/m1/s1. The molecule has 2 aliphatic heterocycles. The van der Waals surface area contributed by atoms with Crippen LogP contribution in [0.4, 0.5) is 4.79 Å². The van der Waals surface area contributed by atoms with Crippen molar-refractivity contribution < 1.29 is 18.0 Å². The average molecular weight is 455 g/mol. The van der Waals surface area contributed by atoms with Crippen molar-refractivity contribution in [1.82, 2.24) is 19.4 Å². The van der Waals surface area contributed by atoms with Crippen LogP contribution in [0, 0.1) is 5.92 Å². The van der Waals surface area contributed by atoms with Crippen LogP contribution in [0.25, 0.3) is 0 Å². The summed E-state index contributed by atoms with van der Waals surface area (Å²) in [4.78, 5) is 29.0. The minimum Gasteiger partial charge on any atom is -0.323 e. The van der Waals surface area contributed by atoms with Crippen LogP contribution in [0.15, 0.2) is 29.2 Å². The Morgan fingerprint density at radius 1 is 1.13 bits per heavy atom. The molecule has 1 N–H and O–H groups in total. The van der Waals surface area contributed by atoms with Crippen LogP contribution in [0.3, 0.4) is 0 Å². The van der Waals surface area contributed by atoms with Crippen molar-refractivity contribution in [3.05, 3.63) is 29.3 Å². The summed E-state index contributed by atoms with van der Waals surface area (Å²) in [7, 11) is -3.68. The lowest BCUT2D eigenvalue weighted by Crippen LogP contribution is -2.55. The fourth-order valence-electron chi connectivity index (χ4n) is 4.73. The predicted octanol–water partition coefficient (Wildman–Crippen LogP) is 2.10. The number of nitrogens with zero attached hydrogens (tertiary/aromatic N) is 3. The third kappa shape index (κ3) is 3.62. The van der Waals surface area contributed by atoms with E-state index >= 15 is 0 Å². The lowest BCUT2D eigenvalue weighted by molar-refractivity contribution is -0.135. The molecule has 3 fully saturated rings. The van der Waals surface area contributed by atoms with E-state index in [0.717, 1.165) is 19.3 Å². The first kappa shape index (κ1) is 21.5. The van der Waals surface area contributed by atoms with Crippen LogP contribution in [0.2, 0.25) is 5.02 Å². The van der Waals surface area contributed by atoms with Crippen molar-refractivity contribution in [2.24, 2.45) is 5.92 Å². The first-order valence-electron chi connectivity index (χ1n) is 10.4. The van der Waals surface area contributed by atoms with E-state index in [-0.39, 0.29) is 47.5 Å². The van der Waals surface area contributed by atoms with E-state index in [1.807, 2.05) is 11.8 Å². The van der Waals surface area contributed by atoms with E-state index in [1.54, 1.807) is 18.2 Å². The van der Waals surface area contributed by atoms with Gasteiger partial charge < -0.3 is 5.32 Å². The second-order valence-electron chi connectivity index (χ2n) is 8.38. The molecule has 2 saturated heterocycles. The third-order valence-electron chi connectivity index (χ3n) is 6.63. The summed E-state index contributed by atoms with van der Waals surface area (Å²) < 4.78 is 27.2. The van der Waals surface area contributed by atoms with E-state index in [0.29, 0.717) is 19.5 Å². The van der Waals surface area contributed by atoms with E-state index in [9.17, 15) is 18.0 Å². The minimum absolute atomic E-state index is 0.0995. The van der Waals surface area contributed by atoms with Gasteiger partial charge in [-0.2, -0.15) is 4.31 Å². The van der Waals surface area contributed by atoms with Gasteiger partial charge in [0.25, 0.3) is 5.91 Å². The molecule has 4 rings (SSSR count). The second-order valence-corrected chi connectivity index (χ2v) is 10.7. The Bertz CT molecular complexity index is 948. The summed E-state index contributed by atoms with van der Waals surface area (Å²) in [5.41, 5.74) is -0.773. The van der Waals surface area contributed by atoms with Crippen LogP contribution >= 0.6 is 11.6 Å². The van der Waals surface area contributed by atoms with Gasteiger partial charge >= 0.3 is 6.03 Å². The molecule has 0 bridgehead atoms. The number of nitrogens with one attached hydrogen (secondary N) is 1. The van der Waals surface area contributed by atoms with Crippen LogP contribution in [-0.4, -0.2) is 72.8 Å². The predicted molar refractivity (Wildman–Crippen MR) is 112 cm³/mol. The average Bonchev–Trinajstić information content (AvgIpc) is 2.96. The Labute approximate surface area is 182 Å². The molecule has 10 heteroatoms. The highest BCUT2D eigenvalue weighted by molar-refractivity contribution is 7.89.